The molecule has 0 saturated heterocycles. The predicted octanol–water partition coefficient (Wildman–Crippen LogP) is 6.98. The third-order valence-corrected chi connectivity index (χ3v) is 6.49. The van der Waals surface area contributed by atoms with Gasteiger partial charge >= 0.3 is 0 Å². The second-order valence-electron chi connectivity index (χ2n) is 9.50. The number of nitrogens with one attached hydrogen (secondary N) is 2. The van der Waals surface area contributed by atoms with Crippen molar-refractivity contribution >= 4 is 23.5 Å². The molecule has 4 rings (SSSR count). The first kappa shape index (κ1) is 23.2. The molecule has 3 aromatic rings. The number of ether oxygens (including phenoxy) is 1. The first-order valence-electron chi connectivity index (χ1n) is 11.4. The Kier molecular flexibility index (Phi) is 6.71. The lowest BCUT2D eigenvalue weighted by molar-refractivity contribution is 0.0984. The van der Waals surface area contributed by atoms with Crippen molar-refractivity contribution in [2.24, 2.45) is 0 Å². The molecular formula is C28H32N2O2S. The molecule has 0 bridgehead atoms. The maximum atomic E-state index is 12.3. The fourth-order valence-electron chi connectivity index (χ4n) is 4.52. The highest BCUT2D eigenvalue weighted by atomic mass is 32.2. The van der Waals surface area contributed by atoms with E-state index in [1.165, 1.54) is 34.2 Å². The number of carbonyl (C=O) groups is 1. The van der Waals surface area contributed by atoms with Gasteiger partial charge in [0.05, 0.1) is 12.1 Å². The standard InChI is InChI=1S/C28H32N2O2S/c1-18(2)32-23-12-9-19(10-13-23)20-7-6-8-21(15-20)26-17-28(3,4)24-16-22(27(31)30-33-5)11-14-25(24)29-26/h6-16,18,26,29H,17H2,1-5H3,(H,30,31). The summed E-state index contributed by atoms with van der Waals surface area (Å²) in [6.45, 7) is 8.59. The molecule has 172 valence electrons. The van der Waals surface area contributed by atoms with Crippen LogP contribution in [0, 0.1) is 0 Å². The van der Waals surface area contributed by atoms with Crippen LogP contribution in [-0.4, -0.2) is 18.3 Å². The zero-order valence-electron chi connectivity index (χ0n) is 19.9. The first-order valence-corrected chi connectivity index (χ1v) is 12.6. The Morgan fingerprint density at radius 1 is 1.06 bits per heavy atom. The summed E-state index contributed by atoms with van der Waals surface area (Å²) in [5.74, 6) is 0.837. The fourth-order valence-corrected chi connectivity index (χ4v) is 4.82. The molecule has 0 aliphatic carbocycles. The van der Waals surface area contributed by atoms with Crippen molar-refractivity contribution in [1.82, 2.24) is 4.72 Å². The normalized spacial score (nSPS) is 16.6. The van der Waals surface area contributed by atoms with Gasteiger partial charge in [-0.25, -0.2) is 0 Å². The van der Waals surface area contributed by atoms with Crippen molar-refractivity contribution in [2.45, 2.75) is 51.7 Å². The van der Waals surface area contributed by atoms with E-state index in [0.29, 0.717) is 5.56 Å². The molecule has 0 saturated carbocycles. The van der Waals surface area contributed by atoms with Gasteiger partial charge in [-0.1, -0.05) is 56.1 Å². The lowest BCUT2D eigenvalue weighted by Gasteiger charge is -2.39. The largest absolute Gasteiger partial charge is 0.491 e. The summed E-state index contributed by atoms with van der Waals surface area (Å²) < 4.78 is 8.60. The molecule has 1 amide bonds. The summed E-state index contributed by atoms with van der Waals surface area (Å²) >= 11 is 1.32. The van der Waals surface area contributed by atoms with Gasteiger partial charge in [0.1, 0.15) is 5.75 Å². The minimum absolute atomic E-state index is 0.0549. The minimum atomic E-state index is -0.0628. The second kappa shape index (κ2) is 9.52. The number of fused-ring (bicyclic) bond motifs is 1. The second-order valence-corrected chi connectivity index (χ2v) is 10.1. The molecule has 0 fully saturated rings. The molecule has 0 radical (unpaired) electrons. The Labute approximate surface area is 201 Å². The Balaban J connectivity index is 1.59. The van der Waals surface area contributed by atoms with E-state index in [-0.39, 0.29) is 23.5 Å². The summed E-state index contributed by atoms with van der Waals surface area (Å²) in [5, 5.41) is 3.72. The SMILES string of the molecule is CSNC(=O)c1ccc2c(c1)C(C)(C)CC(c1cccc(-c3ccc(OC(C)C)cc3)c1)N2. The van der Waals surface area contributed by atoms with Gasteiger partial charge in [0.25, 0.3) is 5.91 Å². The van der Waals surface area contributed by atoms with Gasteiger partial charge in [-0.15, -0.1) is 0 Å². The van der Waals surface area contributed by atoms with Crippen molar-refractivity contribution in [3.05, 3.63) is 83.4 Å². The molecule has 1 heterocycles. The van der Waals surface area contributed by atoms with Gasteiger partial charge in [0.2, 0.25) is 0 Å². The molecule has 5 heteroatoms. The molecule has 1 unspecified atom stereocenters. The Morgan fingerprint density at radius 3 is 2.52 bits per heavy atom. The van der Waals surface area contributed by atoms with Crippen LogP contribution < -0.4 is 14.8 Å². The van der Waals surface area contributed by atoms with Crippen LogP contribution in [0.15, 0.2) is 66.7 Å². The van der Waals surface area contributed by atoms with Gasteiger partial charge in [0, 0.05) is 17.5 Å². The van der Waals surface area contributed by atoms with Gasteiger partial charge in [-0.2, -0.15) is 0 Å². The van der Waals surface area contributed by atoms with Crippen LogP contribution in [0.25, 0.3) is 11.1 Å². The van der Waals surface area contributed by atoms with E-state index in [0.717, 1.165) is 17.9 Å². The molecule has 1 atom stereocenters. The van der Waals surface area contributed by atoms with Crippen molar-refractivity contribution < 1.29 is 9.53 Å². The Morgan fingerprint density at radius 2 is 1.82 bits per heavy atom. The van der Waals surface area contributed by atoms with Crippen LogP contribution in [0.4, 0.5) is 5.69 Å². The Hall–Kier alpha value is -2.92. The maximum Gasteiger partial charge on any atom is 0.261 e. The molecule has 1 aliphatic heterocycles. The number of benzene rings is 3. The van der Waals surface area contributed by atoms with E-state index >= 15 is 0 Å². The summed E-state index contributed by atoms with van der Waals surface area (Å²) in [4.78, 5) is 12.3. The summed E-state index contributed by atoms with van der Waals surface area (Å²) in [5.41, 5.74) is 6.54. The average molecular weight is 461 g/mol. The third-order valence-electron chi connectivity index (χ3n) is 6.10. The number of carbonyl (C=O) groups excluding carboxylic acids is 1. The maximum absolute atomic E-state index is 12.3. The van der Waals surface area contributed by atoms with Gasteiger partial charge < -0.3 is 10.1 Å². The van der Waals surface area contributed by atoms with Crippen molar-refractivity contribution in [1.29, 1.82) is 0 Å². The molecule has 2 N–H and O–H groups in total. The lowest BCUT2D eigenvalue weighted by atomic mass is 9.73. The zero-order valence-corrected chi connectivity index (χ0v) is 20.8. The third kappa shape index (κ3) is 5.19. The molecule has 3 aromatic carbocycles. The molecule has 33 heavy (non-hydrogen) atoms. The van der Waals surface area contributed by atoms with Crippen LogP contribution in [0.1, 0.15) is 61.6 Å². The highest BCUT2D eigenvalue weighted by Crippen LogP contribution is 2.44. The van der Waals surface area contributed by atoms with Crippen LogP contribution in [0.3, 0.4) is 0 Å². The van der Waals surface area contributed by atoms with Gasteiger partial charge in [-0.3, -0.25) is 9.52 Å². The summed E-state index contributed by atoms with van der Waals surface area (Å²) in [6, 6.07) is 23.2. The lowest BCUT2D eigenvalue weighted by Crippen LogP contribution is -2.31. The quantitative estimate of drug-likeness (QED) is 0.390. The Bertz CT molecular complexity index is 1140. The number of anilines is 1. The predicted molar refractivity (Wildman–Crippen MR) is 139 cm³/mol. The van der Waals surface area contributed by atoms with Crippen LogP contribution in [0.5, 0.6) is 5.75 Å². The van der Waals surface area contributed by atoms with Crippen molar-refractivity contribution in [3.63, 3.8) is 0 Å². The zero-order chi connectivity index (χ0) is 23.6. The molecule has 0 spiro atoms. The van der Waals surface area contributed by atoms with Crippen LogP contribution >= 0.6 is 11.9 Å². The average Bonchev–Trinajstić information content (AvgIpc) is 2.79. The van der Waals surface area contributed by atoms with Crippen LogP contribution in [-0.2, 0) is 5.41 Å². The number of hydrogen-bond donors (Lipinski definition) is 2. The highest BCUT2D eigenvalue weighted by molar-refractivity contribution is 7.97. The van der Waals surface area contributed by atoms with Crippen molar-refractivity contribution in [3.8, 4) is 16.9 Å². The van der Waals surface area contributed by atoms with Gasteiger partial charge in [0.15, 0.2) is 0 Å². The van der Waals surface area contributed by atoms with E-state index in [2.05, 4.69) is 60.3 Å². The van der Waals surface area contributed by atoms with E-state index in [1.54, 1.807) is 0 Å². The number of hydrogen-bond acceptors (Lipinski definition) is 4. The van der Waals surface area contributed by atoms with Gasteiger partial charge in [-0.05, 0) is 84.3 Å². The molecule has 1 aliphatic rings. The minimum Gasteiger partial charge on any atom is -0.491 e. The fraction of sp³-hybridized carbons (Fsp3) is 0.321. The monoisotopic (exact) mass is 460 g/mol. The first-order chi connectivity index (χ1) is 15.8. The summed E-state index contributed by atoms with van der Waals surface area (Å²) in [6.07, 6.45) is 2.96. The number of amides is 1. The number of rotatable bonds is 6. The highest BCUT2D eigenvalue weighted by Gasteiger charge is 2.34. The smallest absolute Gasteiger partial charge is 0.261 e. The molecule has 4 nitrogen and oxygen atoms in total. The van der Waals surface area contributed by atoms with E-state index in [4.69, 9.17) is 4.74 Å². The molecule has 0 aromatic heterocycles. The van der Waals surface area contributed by atoms with Crippen LogP contribution in [0.2, 0.25) is 0 Å². The molecular weight excluding hydrogens is 428 g/mol. The van der Waals surface area contributed by atoms with Crippen molar-refractivity contribution in [2.75, 3.05) is 11.6 Å². The van der Waals surface area contributed by atoms with E-state index in [1.807, 2.05) is 50.4 Å². The topological polar surface area (TPSA) is 50.4 Å². The summed E-state index contributed by atoms with van der Waals surface area (Å²) in [7, 11) is 0. The van der Waals surface area contributed by atoms with E-state index in [9.17, 15) is 4.79 Å². The van der Waals surface area contributed by atoms with E-state index < -0.39 is 0 Å².